The Balaban J connectivity index is 2.04. The lowest BCUT2D eigenvalue weighted by Gasteiger charge is -2.09. The summed E-state index contributed by atoms with van der Waals surface area (Å²) < 4.78 is 10.3. The highest BCUT2D eigenvalue weighted by atomic mass is 16.5. The van der Waals surface area contributed by atoms with Crippen molar-refractivity contribution in [2.24, 2.45) is 0 Å². The van der Waals surface area contributed by atoms with E-state index in [4.69, 9.17) is 9.47 Å². The Morgan fingerprint density at radius 2 is 1.90 bits per heavy atom. The molecule has 0 radical (unpaired) electrons. The Morgan fingerprint density at radius 3 is 2.65 bits per heavy atom. The van der Waals surface area contributed by atoms with Crippen molar-refractivity contribution < 1.29 is 9.47 Å². The highest BCUT2D eigenvalue weighted by Gasteiger charge is 2.02. The third-order valence-corrected chi connectivity index (χ3v) is 2.80. The Hall–Kier alpha value is -2.14. The average molecular weight is 273 g/mol. The van der Waals surface area contributed by atoms with Crippen molar-refractivity contribution in [3.63, 3.8) is 0 Å². The maximum atomic E-state index is 5.13. The quantitative estimate of drug-likeness (QED) is 0.876. The van der Waals surface area contributed by atoms with Crippen LogP contribution in [0.2, 0.25) is 0 Å². The highest BCUT2D eigenvalue weighted by Crippen LogP contribution is 2.14. The number of ether oxygens (including phenoxy) is 2. The van der Waals surface area contributed by atoms with E-state index >= 15 is 0 Å². The molecule has 1 heterocycles. The zero-order valence-electron chi connectivity index (χ0n) is 12.0. The molecule has 0 fully saturated rings. The minimum absolute atomic E-state index is 0.563. The molecule has 5 heteroatoms. The van der Waals surface area contributed by atoms with E-state index in [1.165, 1.54) is 5.56 Å². The summed E-state index contributed by atoms with van der Waals surface area (Å²) in [5, 5.41) is 3.27. The number of aryl methyl sites for hydroxylation is 1. The Morgan fingerprint density at radius 1 is 1.10 bits per heavy atom. The second kappa shape index (κ2) is 6.86. The molecule has 1 N–H and O–H groups in total. The number of hydrogen-bond donors (Lipinski definition) is 1. The van der Waals surface area contributed by atoms with Crippen LogP contribution in [0.25, 0.3) is 0 Å². The SMILES string of the molecule is COCc1cccc(CNc2cc(OC)nc(C)n2)c1. The lowest BCUT2D eigenvalue weighted by molar-refractivity contribution is 0.185. The summed E-state index contributed by atoms with van der Waals surface area (Å²) in [6.45, 7) is 3.15. The molecule has 0 amide bonds. The molecule has 0 unspecified atom stereocenters. The predicted molar refractivity (Wildman–Crippen MR) is 77.8 cm³/mol. The number of aromatic nitrogens is 2. The molecule has 1 aromatic carbocycles. The lowest BCUT2D eigenvalue weighted by atomic mass is 10.1. The second-order valence-corrected chi connectivity index (χ2v) is 4.45. The predicted octanol–water partition coefficient (Wildman–Crippen LogP) is 2.55. The monoisotopic (exact) mass is 273 g/mol. The second-order valence-electron chi connectivity index (χ2n) is 4.45. The van der Waals surface area contributed by atoms with E-state index in [1.54, 1.807) is 20.3 Å². The van der Waals surface area contributed by atoms with Gasteiger partial charge in [-0.05, 0) is 18.1 Å². The molecule has 20 heavy (non-hydrogen) atoms. The summed E-state index contributed by atoms with van der Waals surface area (Å²) in [5.74, 6) is 2.00. The smallest absolute Gasteiger partial charge is 0.218 e. The molecule has 0 aliphatic rings. The van der Waals surface area contributed by atoms with Gasteiger partial charge in [0.25, 0.3) is 0 Å². The third kappa shape index (κ3) is 3.93. The summed E-state index contributed by atoms with van der Waals surface area (Å²) in [6.07, 6.45) is 0. The molecule has 2 rings (SSSR count). The van der Waals surface area contributed by atoms with E-state index in [-0.39, 0.29) is 0 Å². The molecule has 1 aromatic heterocycles. The molecular weight excluding hydrogens is 254 g/mol. The van der Waals surface area contributed by atoms with E-state index in [0.717, 1.165) is 11.4 Å². The van der Waals surface area contributed by atoms with Crippen molar-refractivity contribution in [1.29, 1.82) is 0 Å². The van der Waals surface area contributed by atoms with Gasteiger partial charge in [-0.25, -0.2) is 4.98 Å². The topological polar surface area (TPSA) is 56.3 Å². The average Bonchev–Trinajstić information content (AvgIpc) is 2.45. The summed E-state index contributed by atoms with van der Waals surface area (Å²) in [4.78, 5) is 8.48. The Labute approximate surface area is 119 Å². The van der Waals surface area contributed by atoms with Crippen molar-refractivity contribution in [3.8, 4) is 5.88 Å². The first kappa shape index (κ1) is 14.3. The molecule has 0 saturated carbocycles. The molecule has 0 aliphatic carbocycles. The van der Waals surface area contributed by atoms with Gasteiger partial charge in [-0.1, -0.05) is 24.3 Å². The molecule has 106 valence electrons. The molecule has 5 nitrogen and oxygen atoms in total. The van der Waals surface area contributed by atoms with Gasteiger partial charge in [0.1, 0.15) is 11.6 Å². The zero-order chi connectivity index (χ0) is 14.4. The van der Waals surface area contributed by atoms with Gasteiger partial charge in [0.05, 0.1) is 13.7 Å². The van der Waals surface area contributed by atoms with Gasteiger partial charge < -0.3 is 14.8 Å². The fourth-order valence-electron chi connectivity index (χ4n) is 1.92. The van der Waals surface area contributed by atoms with Crippen LogP contribution < -0.4 is 10.1 Å². The van der Waals surface area contributed by atoms with Gasteiger partial charge in [-0.3, -0.25) is 0 Å². The lowest BCUT2D eigenvalue weighted by Crippen LogP contribution is -2.04. The summed E-state index contributed by atoms with van der Waals surface area (Å²) in [5.41, 5.74) is 2.33. The number of methoxy groups -OCH3 is 2. The van der Waals surface area contributed by atoms with Crippen molar-refractivity contribution in [1.82, 2.24) is 9.97 Å². The first-order chi connectivity index (χ1) is 9.71. The summed E-state index contributed by atoms with van der Waals surface area (Å²) in [6, 6.07) is 10.0. The number of benzene rings is 1. The van der Waals surface area contributed by atoms with E-state index in [9.17, 15) is 0 Å². The van der Waals surface area contributed by atoms with Crippen molar-refractivity contribution in [2.45, 2.75) is 20.1 Å². The van der Waals surface area contributed by atoms with Gasteiger partial charge in [0, 0.05) is 19.7 Å². The zero-order valence-corrected chi connectivity index (χ0v) is 12.0. The van der Waals surface area contributed by atoms with Crippen molar-refractivity contribution in [3.05, 3.63) is 47.3 Å². The van der Waals surface area contributed by atoms with Crippen LogP contribution in [0.4, 0.5) is 5.82 Å². The van der Waals surface area contributed by atoms with Gasteiger partial charge in [-0.2, -0.15) is 4.98 Å². The fourth-order valence-corrected chi connectivity index (χ4v) is 1.92. The van der Waals surface area contributed by atoms with Gasteiger partial charge in [0.15, 0.2) is 0 Å². The van der Waals surface area contributed by atoms with Crippen LogP contribution in [0.3, 0.4) is 0 Å². The number of anilines is 1. The maximum absolute atomic E-state index is 5.13. The van der Waals surface area contributed by atoms with E-state index in [0.29, 0.717) is 24.9 Å². The first-order valence-electron chi connectivity index (χ1n) is 6.41. The van der Waals surface area contributed by atoms with Gasteiger partial charge >= 0.3 is 0 Å². The van der Waals surface area contributed by atoms with E-state index < -0.39 is 0 Å². The maximum Gasteiger partial charge on any atom is 0.218 e. The molecule has 0 atom stereocenters. The van der Waals surface area contributed by atoms with Crippen LogP contribution in [0, 0.1) is 6.92 Å². The Bertz CT molecular complexity index is 573. The number of rotatable bonds is 6. The van der Waals surface area contributed by atoms with Gasteiger partial charge in [-0.15, -0.1) is 0 Å². The fraction of sp³-hybridized carbons (Fsp3) is 0.333. The van der Waals surface area contributed by atoms with E-state index in [1.807, 2.05) is 19.1 Å². The van der Waals surface area contributed by atoms with Crippen LogP contribution >= 0.6 is 0 Å². The van der Waals surface area contributed by atoms with Gasteiger partial charge in [0.2, 0.25) is 5.88 Å². The summed E-state index contributed by atoms with van der Waals surface area (Å²) >= 11 is 0. The highest BCUT2D eigenvalue weighted by molar-refractivity contribution is 5.39. The largest absolute Gasteiger partial charge is 0.481 e. The van der Waals surface area contributed by atoms with Crippen LogP contribution in [0.5, 0.6) is 5.88 Å². The molecular formula is C15H19N3O2. The van der Waals surface area contributed by atoms with E-state index in [2.05, 4.69) is 27.4 Å². The summed E-state index contributed by atoms with van der Waals surface area (Å²) in [7, 11) is 3.29. The number of nitrogens with one attached hydrogen (secondary N) is 1. The third-order valence-electron chi connectivity index (χ3n) is 2.80. The van der Waals surface area contributed by atoms with Crippen molar-refractivity contribution in [2.75, 3.05) is 19.5 Å². The number of hydrogen-bond acceptors (Lipinski definition) is 5. The van der Waals surface area contributed by atoms with Crippen LogP contribution in [0.1, 0.15) is 17.0 Å². The van der Waals surface area contributed by atoms with Crippen LogP contribution in [-0.2, 0) is 17.9 Å². The minimum atomic E-state index is 0.563. The number of nitrogens with zero attached hydrogens (tertiary/aromatic N) is 2. The molecule has 0 aliphatic heterocycles. The minimum Gasteiger partial charge on any atom is -0.481 e. The normalized spacial score (nSPS) is 10.3. The molecule has 0 saturated heterocycles. The molecule has 2 aromatic rings. The van der Waals surface area contributed by atoms with Crippen LogP contribution in [-0.4, -0.2) is 24.2 Å². The standard InChI is InChI=1S/C15H19N3O2/c1-11-17-14(8-15(18-11)20-3)16-9-12-5-4-6-13(7-12)10-19-2/h4-8H,9-10H2,1-3H3,(H,16,17,18). The van der Waals surface area contributed by atoms with Crippen molar-refractivity contribution >= 4 is 5.82 Å². The first-order valence-corrected chi connectivity index (χ1v) is 6.41. The van der Waals surface area contributed by atoms with Crippen LogP contribution in [0.15, 0.2) is 30.3 Å². The molecule has 0 spiro atoms. The Kier molecular flexibility index (Phi) is 4.90. The molecule has 0 bridgehead atoms.